The van der Waals surface area contributed by atoms with Crippen LogP contribution in [0.4, 0.5) is 4.79 Å². The molecule has 0 unspecified atom stereocenters. The second-order valence-corrected chi connectivity index (χ2v) is 5.00. The molecule has 1 aromatic carbocycles. The Morgan fingerprint density at radius 3 is 2.71 bits per heavy atom. The summed E-state index contributed by atoms with van der Waals surface area (Å²) in [5.41, 5.74) is 0.361. The molecule has 0 saturated heterocycles. The number of benzene rings is 1. The quantitative estimate of drug-likeness (QED) is 0.600. The van der Waals surface area contributed by atoms with Crippen molar-refractivity contribution in [3.63, 3.8) is 0 Å². The van der Waals surface area contributed by atoms with Gasteiger partial charge in [-0.3, -0.25) is 0 Å². The Labute approximate surface area is 129 Å². The number of carboxylic acids is 1. The van der Waals surface area contributed by atoms with E-state index in [0.717, 1.165) is 12.8 Å². The molecule has 2 N–H and O–H groups in total. The van der Waals surface area contributed by atoms with Crippen LogP contribution < -0.4 is 5.32 Å². The molecule has 0 aliphatic heterocycles. The van der Waals surface area contributed by atoms with E-state index in [1.165, 1.54) is 4.90 Å². The lowest BCUT2D eigenvalue weighted by molar-refractivity contribution is -0.139. The zero-order chi connectivity index (χ0) is 15.8. The number of nitrogens with one attached hydrogen (secondary N) is 1. The van der Waals surface area contributed by atoms with Crippen LogP contribution >= 0.6 is 11.6 Å². The van der Waals surface area contributed by atoms with Crippen molar-refractivity contribution in [2.75, 3.05) is 13.6 Å². The number of rotatable bonds is 7. The van der Waals surface area contributed by atoms with E-state index in [1.807, 2.05) is 0 Å². The zero-order valence-electron chi connectivity index (χ0n) is 11.9. The lowest BCUT2D eigenvalue weighted by Gasteiger charge is -2.22. The number of carbonyl (C=O) groups is 2. The highest BCUT2D eigenvalue weighted by atomic mass is 35.5. The first-order valence-corrected chi connectivity index (χ1v) is 6.95. The van der Waals surface area contributed by atoms with Crippen LogP contribution in [0.25, 0.3) is 0 Å². The molecule has 0 spiro atoms. The van der Waals surface area contributed by atoms with Gasteiger partial charge >= 0.3 is 12.0 Å². The van der Waals surface area contributed by atoms with E-state index >= 15 is 0 Å². The van der Waals surface area contributed by atoms with Crippen LogP contribution in [0.3, 0.4) is 0 Å². The molecular weight excluding hydrogens is 292 g/mol. The molecule has 114 valence electrons. The monoisotopic (exact) mass is 310 g/mol. The standard InChI is InChI=1S/C15H19ClN2O3/c1-3-4-7-10-18(2)15(21)17-13(14(19)20)11-8-5-6-9-12(11)16/h3,5-6,8-9,13H,1,4,7,10H2,2H3,(H,17,21)(H,19,20)/t13-/m1/s1. The van der Waals surface area contributed by atoms with Gasteiger partial charge in [0.25, 0.3) is 0 Å². The Bertz CT molecular complexity index is 519. The fraction of sp³-hybridized carbons (Fsp3) is 0.333. The number of hydrogen-bond donors (Lipinski definition) is 2. The van der Waals surface area contributed by atoms with Gasteiger partial charge in [-0.1, -0.05) is 35.9 Å². The fourth-order valence-corrected chi connectivity index (χ4v) is 2.03. The third kappa shape index (κ3) is 5.11. The minimum absolute atomic E-state index is 0.305. The molecule has 6 heteroatoms. The number of allylic oxidation sites excluding steroid dienone is 1. The maximum atomic E-state index is 12.0. The molecule has 0 heterocycles. The number of halogens is 1. The summed E-state index contributed by atoms with van der Waals surface area (Å²) in [6.07, 6.45) is 3.34. The Balaban J connectivity index is 2.75. The van der Waals surface area contributed by atoms with E-state index in [4.69, 9.17) is 11.6 Å². The van der Waals surface area contributed by atoms with Crippen LogP contribution in [-0.4, -0.2) is 35.6 Å². The van der Waals surface area contributed by atoms with Gasteiger partial charge in [0.05, 0.1) is 0 Å². The van der Waals surface area contributed by atoms with Crippen LogP contribution in [0.5, 0.6) is 0 Å². The Morgan fingerprint density at radius 2 is 2.14 bits per heavy atom. The zero-order valence-corrected chi connectivity index (χ0v) is 12.6. The Hall–Kier alpha value is -2.01. The maximum Gasteiger partial charge on any atom is 0.331 e. The van der Waals surface area contributed by atoms with Crippen LogP contribution in [0.2, 0.25) is 5.02 Å². The van der Waals surface area contributed by atoms with E-state index in [2.05, 4.69) is 11.9 Å². The Morgan fingerprint density at radius 1 is 1.48 bits per heavy atom. The van der Waals surface area contributed by atoms with Gasteiger partial charge in [-0.15, -0.1) is 6.58 Å². The average Bonchev–Trinajstić information content (AvgIpc) is 2.45. The van der Waals surface area contributed by atoms with Crippen LogP contribution in [0.15, 0.2) is 36.9 Å². The molecule has 21 heavy (non-hydrogen) atoms. The van der Waals surface area contributed by atoms with Crippen molar-refractivity contribution >= 4 is 23.6 Å². The summed E-state index contributed by atoms with van der Waals surface area (Å²) in [4.78, 5) is 24.8. The first kappa shape index (κ1) is 17.0. The Kier molecular flexibility index (Phi) is 6.75. The maximum absolute atomic E-state index is 12.0. The lowest BCUT2D eigenvalue weighted by Crippen LogP contribution is -2.42. The molecule has 1 rings (SSSR count). The summed E-state index contributed by atoms with van der Waals surface area (Å²) in [6, 6.07) is 4.93. The topological polar surface area (TPSA) is 69.6 Å². The summed E-state index contributed by atoms with van der Waals surface area (Å²) in [5, 5.41) is 12.1. The van der Waals surface area contributed by atoms with E-state index in [9.17, 15) is 14.7 Å². The van der Waals surface area contributed by atoms with Gasteiger partial charge in [0.1, 0.15) is 0 Å². The van der Waals surface area contributed by atoms with Gasteiger partial charge in [-0.05, 0) is 18.9 Å². The van der Waals surface area contributed by atoms with Crippen LogP contribution in [0.1, 0.15) is 24.4 Å². The third-order valence-corrected chi connectivity index (χ3v) is 3.32. The molecule has 0 fully saturated rings. The molecule has 0 aromatic heterocycles. The van der Waals surface area contributed by atoms with Gasteiger partial charge in [0.15, 0.2) is 6.04 Å². The highest BCUT2D eigenvalue weighted by Crippen LogP contribution is 2.23. The highest BCUT2D eigenvalue weighted by molar-refractivity contribution is 6.31. The molecule has 0 aliphatic carbocycles. The number of carboxylic acid groups (broad SMARTS) is 1. The van der Waals surface area contributed by atoms with Gasteiger partial charge in [-0.25, -0.2) is 9.59 Å². The number of carbonyl (C=O) groups excluding carboxylic acids is 1. The van der Waals surface area contributed by atoms with Gasteiger partial charge in [0, 0.05) is 24.2 Å². The van der Waals surface area contributed by atoms with E-state index in [-0.39, 0.29) is 0 Å². The van der Waals surface area contributed by atoms with Crippen molar-refractivity contribution in [3.8, 4) is 0 Å². The van der Waals surface area contributed by atoms with E-state index < -0.39 is 18.0 Å². The molecule has 0 radical (unpaired) electrons. The number of aliphatic carboxylic acids is 1. The number of amides is 2. The largest absolute Gasteiger partial charge is 0.479 e. The fourth-order valence-electron chi connectivity index (χ4n) is 1.79. The molecule has 0 bridgehead atoms. The molecule has 1 atom stereocenters. The lowest BCUT2D eigenvalue weighted by atomic mass is 10.1. The summed E-state index contributed by atoms with van der Waals surface area (Å²) < 4.78 is 0. The molecular formula is C15H19ClN2O3. The predicted octanol–water partition coefficient (Wildman–Crippen LogP) is 3.07. The first-order chi connectivity index (χ1) is 9.97. The second-order valence-electron chi connectivity index (χ2n) is 4.59. The first-order valence-electron chi connectivity index (χ1n) is 6.57. The smallest absolute Gasteiger partial charge is 0.331 e. The predicted molar refractivity (Wildman–Crippen MR) is 82.4 cm³/mol. The van der Waals surface area contributed by atoms with Crippen LogP contribution in [0, 0.1) is 0 Å². The van der Waals surface area contributed by atoms with E-state index in [1.54, 1.807) is 37.4 Å². The average molecular weight is 311 g/mol. The van der Waals surface area contributed by atoms with Crippen molar-refractivity contribution in [3.05, 3.63) is 47.5 Å². The summed E-state index contributed by atoms with van der Waals surface area (Å²) in [5.74, 6) is -1.16. The highest BCUT2D eigenvalue weighted by Gasteiger charge is 2.25. The van der Waals surface area contributed by atoms with Crippen molar-refractivity contribution in [1.29, 1.82) is 0 Å². The molecule has 5 nitrogen and oxygen atoms in total. The van der Waals surface area contributed by atoms with Crippen molar-refractivity contribution in [2.24, 2.45) is 0 Å². The minimum atomic E-state index is -1.17. The summed E-state index contributed by atoms with van der Waals surface area (Å²) in [6.45, 7) is 4.13. The summed E-state index contributed by atoms with van der Waals surface area (Å²) >= 11 is 5.99. The molecule has 0 saturated carbocycles. The number of urea groups is 1. The number of unbranched alkanes of at least 4 members (excludes halogenated alkanes) is 1. The third-order valence-electron chi connectivity index (χ3n) is 2.98. The van der Waals surface area contributed by atoms with E-state index in [0.29, 0.717) is 17.1 Å². The number of nitrogens with zero attached hydrogens (tertiary/aromatic N) is 1. The molecule has 1 aromatic rings. The SMILES string of the molecule is C=CCCCN(C)C(=O)N[C@@H](C(=O)O)c1ccccc1Cl. The van der Waals surface area contributed by atoms with Gasteiger partial charge in [-0.2, -0.15) is 0 Å². The van der Waals surface area contributed by atoms with Crippen molar-refractivity contribution < 1.29 is 14.7 Å². The summed E-state index contributed by atoms with van der Waals surface area (Å²) in [7, 11) is 1.62. The van der Waals surface area contributed by atoms with Crippen molar-refractivity contribution in [2.45, 2.75) is 18.9 Å². The minimum Gasteiger partial charge on any atom is -0.479 e. The van der Waals surface area contributed by atoms with Gasteiger partial charge in [0.2, 0.25) is 0 Å². The second kappa shape index (κ2) is 8.32. The normalized spacial score (nSPS) is 11.5. The molecule has 2 amide bonds. The van der Waals surface area contributed by atoms with Crippen molar-refractivity contribution in [1.82, 2.24) is 10.2 Å². The number of hydrogen-bond acceptors (Lipinski definition) is 2. The molecule has 0 aliphatic rings. The van der Waals surface area contributed by atoms with Crippen LogP contribution in [-0.2, 0) is 4.79 Å². The van der Waals surface area contributed by atoms with Gasteiger partial charge < -0.3 is 15.3 Å².